The number of carbonyl (C=O) groups excluding carboxylic acids is 1. The lowest BCUT2D eigenvalue weighted by Gasteiger charge is -2.14. The minimum atomic E-state index is -1.04. The lowest BCUT2D eigenvalue weighted by molar-refractivity contribution is -0.141. The Bertz CT molecular complexity index is 515. The second-order valence-corrected chi connectivity index (χ2v) is 5.21. The highest BCUT2D eigenvalue weighted by molar-refractivity contribution is 7.98. The lowest BCUT2D eigenvalue weighted by atomic mass is 10.2. The van der Waals surface area contributed by atoms with Crippen molar-refractivity contribution in [1.82, 2.24) is 9.88 Å². The Morgan fingerprint density at radius 2 is 2.20 bits per heavy atom. The van der Waals surface area contributed by atoms with E-state index >= 15 is 0 Å². The van der Waals surface area contributed by atoms with Gasteiger partial charge in [0.1, 0.15) is 6.04 Å². The summed E-state index contributed by atoms with van der Waals surface area (Å²) in [6.45, 7) is 0.236. The van der Waals surface area contributed by atoms with Gasteiger partial charge in [-0.25, -0.2) is 4.79 Å². The minimum Gasteiger partial charge on any atom is -0.480 e. The van der Waals surface area contributed by atoms with Gasteiger partial charge in [0.05, 0.1) is 0 Å². The number of carboxylic acid groups (broad SMARTS) is 1. The molecule has 7 heteroatoms. The summed E-state index contributed by atoms with van der Waals surface area (Å²) in [6, 6.07) is 3.87. The van der Waals surface area contributed by atoms with Gasteiger partial charge in [0.15, 0.2) is 0 Å². The highest BCUT2D eigenvalue weighted by Crippen LogP contribution is 2.01. The van der Waals surface area contributed by atoms with Crippen molar-refractivity contribution in [2.45, 2.75) is 25.4 Å². The Hall–Kier alpha value is -1.76. The molecule has 1 atom stereocenters. The van der Waals surface area contributed by atoms with Gasteiger partial charge in [-0.1, -0.05) is 6.07 Å². The molecule has 20 heavy (non-hydrogen) atoms. The number of aliphatic carboxylic acids is 1. The molecule has 0 saturated carbocycles. The van der Waals surface area contributed by atoms with Crippen LogP contribution in [0.4, 0.5) is 0 Å². The summed E-state index contributed by atoms with van der Waals surface area (Å²) in [4.78, 5) is 34.1. The number of hydrogen-bond acceptors (Lipinski definition) is 4. The maximum atomic E-state index is 11.7. The zero-order valence-corrected chi connectivity index (χ0v) is 12.1. The fraction of sp³-hybridized carbons (Fsp3) is 0.462. The third-order valence-corrected chi connectivity index (χ3v) is 3.37. The molecule has 1 unspecified atom stereocenters. The zero-order valence-electron chi connectivity index (χ0n) is 11.2. The second-order valence-electron chi connectivity index (χ2n) is 4.22. The fourth-order valence-corrected chi connectivity index (χ4v) is 2.10. The fourth-order valence-electron chi connectivity index (χ4n) is 1.63. The number of aryl methyl sites for hydroxylation is 1. The summed E-state index contributed by atoms with van der Waals surface area (Å²) in [7, 11) is 0. The van der Waals surface area contributed by atoms with E-state index in [9.17, 15) is 14.4 Å². The molecule has 0 fully saturated rings. The number of amides is 1. The maximum Gasteiger partial charge on any atom is 0.326 e. The van der Waals surface area contributed by atoms with Crippen LogP contribution in [-0.2, 0) is 16.1 Å². The molecule has 0 bridgehead atoms. The highest BCUT2D eigenvalue weighted by atomic mass is 32.2. The molecule has 0 radical (unpaired) electrons. The Morgan fingerprint density at radius 1 is 1.45 bits per heavy atom. The summed E-state index contributed by atoms with van der Waals surface area (Å²) in [6.07, 6.45) is 3.93. The Kier molecular flexibility index (Phi) is 6.86. The molecule has 1 heterocycles. The van der Waals surface area contributed by atoms with Crippen LogP contribution < -0.4 is 10.9 Å². The molecule has 110 valence electrons. The van der Waals surface area contributed by atoms with Crippen molar-refractivity contribution in [3.8, 4) is 0 Å². The van der Waals surface area contributed by atoms with Gasteiger partial charge >= 0.3 is 5.97 Å². The first-order valence-corrected chi connectivity index (χ1v) is 7.60. The van der Waals surface area contributed by atoms with E-state index in [2.05, 4.69) is 5.32 Å². The zero-order chi connectivity index (χ0) is 15.0. The van der Waals surface area contributed by atoms with Crippen molar-refractivity contribution in [3.05, 3.63) is 34.7 Å². The molecule has 0 spiro atoms. The van der Waals surface area contributed by atoms with Gasteiger partial charge in [-0.2, -0.15) is 11.8 Å². The number of nitrogens with one attached hydrogen (secondary N) is 1. The average Bonchev–Trinajstić information content (AvgIpc) is 2.42. The van der Waals surface area contributed by atoms with Crippen molar-refractivity contribution >= 4 is 23.6 Å². The number of thioether (sulfide) groups is 1. The van der Waals surface area contributed by atoms with Gasteiger partial charge < -0.3 is 15.0 Å². The van der Waals surface area contributed by atoms with Gasteiger partial charge in [0.25, 0.3) is 5.56 Å². The molecular formula is C13H18N2O4S. The van der Waals surface area contributed by atoms with Crippen molar-refractivity contribution in [1.29, 1.82) is 0 Å². The normalized spacial score (nSPS) is 11.8. The third-order valence-electron chi connectivity index (χ3n) is 2.72. The molecule has 0 aromatic carbocycles. The van der Waals surface area contributed by atoms with Crippen LogP contribution in [0.15, 0.2) is 29.2 Å². The van der Waals surface area contributed by atoms with E-state index in [-0.39, 0.29) is 24.4 Å². The molecular weight excluding hydrogens is 280 g/mol. The molecule has 1 aromatic heterocycles. The van der Waals surface area contributed by atoms with Crippen LogP contribution in [0.5, 0.6) is 0 Å². The standard InChI is InChI=1S/C13H18N2O4S/c1-20-9-6-10(13(18)19)14-11(16)5-8-15-7-3-2-4-12(15)17/h2-4,7,10H,5-6,8-9H2,1H3,(H,14,16)(H,18,19). The van der Waals surface area contributed by atoms with Crippen molar-refractivity contribution < 1.29 is 14.7 Å². The lowest BCUT2D eigenvalue weighted by Crippen LogP contribution is -2.41. The van der Waals surface area contributed by atoms with E-state index in [1.54, 1.807) is 18.3 Å². The third kappa shape index (κ3) is 5.48. The number of hydrogen-bond donors (Lipinski definition) is 2. The molecule has 1 aromatic rings. The SMILES string of the molecule is CSCCC(NC(=O)CCn1ccccc1=O)C(=O)O. The summed E-state index contributed by atoms with van der Waals surface area (Å²) < 4.78 is 1.41. The predicted octanol–water partition coefficient (Wildman–Crippen LogP) is 0.561. The van der Waals surface area contributed by atoms with Gasteiger partial charge in [0, 0.05) is 25.2 Å². The first-order chi connectivity index (χ1) is 9.54. The number of pyridine rings is 1. The minimum absolute atomic E-state index is 0.0764. The first kappa shape index (κ1) is 16.3. The summed E-state index contributed by atoms with van der Waals surface area (Å²) in [5.41, 5.74) is -0.183. The van der Waals surface area contributed by atoms with Crippen molar-refractivity contribution in [2.75, 3.05) is 12.0 Å². The second kappa shape index (κ2) is 8.42. The van der Waals surface area contributed by atoms with E-state index in [0.29, 0.717) is 12.2 Å². The maximum absolute atomic E-state index is 11.7. The summed E-state index contributed by atoms with van der Waals surface area (Å²) in [5, 5.41) is 11.5. The van der Waals surface area contributed by atoms with Crippen LogP contribution in [0.25, 0.3) is 0 Å². The average molecular weight is 298 g/mol. The monoisotopic (exact) mass is 298 g/mol. The molecule has 0 saturated heterocycles. The number of aromatic nitrogens is 1. The molecule has 2 N–H and O–H groups in total. The molecule has 6 nitrogen and oxygen atoms in total. The van der Waals surface area contributed by atoms with Crippen molar-refractivity contribution in [2.24, 2.45) is 0 Å². The molecule has 0 aliphatic carbocycles. The molecule has 1 amide bonds. The highest BCUT2D eigenvalue weighted by Gasteiger charge is 2.19. The molecule has 0 aliphatic heterocycles. The Morgan fingerprint density at radius 3 is 2.80 bits per heavy atom. The topological polar surface area (TPSA) is 88.4 Å². The quantitative estimate of drug-likeness (QED) is 0.732. The first-order valence-electron chi connectivity index (χ1n) is 6.21. The summed E-state index contributed by atoms with van der Waals surface area (Å²) in [5.74, 6) is -0.742. The predicted molar refractivity (Wildman–Crippen MR) is 77.9 cm³/mol. The Labute approximate surface area is 121 Å². The van der Waals surface area contributed by atoms with Gasteiger partial charge in [-0.3, -0.25) is 9.59 Å². The van der Waals surface area contributed by atoms with E-state index in [1.807, 2.05) is 6.26 Å². The smallest absolute Gasteiger partial charge is 0.326 e. The van der Waals surface area contributed by atoms with Crippen LogP contribution in [0.1, 0.15) is 12.8 Å². The number of nitrogens with zero attached hydrogens (tertiary/aromatic N) is 1. The van der Waals surface area contributed by atoms with Crippen LogP contribution in [0, 0.1) is 0 Å². The van der Waals surface area contributed by atoms with Crippen molar-refractivity contribution in [3.63, 3.8) is 0 Å². The van der Waals surface area contributed by atoms with E-state index in [0.717, 1.165) is 0 Å². The number of carboxylic acids is 1. The molecule has 0 aliphatic rings. The van der Waals surface area contributed by atoms with E-state index in [1.165, 1.54) is 22.4 Å². The van der Waals surface area contributed by atoms with Crippen LogP contribution in [-0.4, -0.2) is 39.6 Å². The Balaban J connectivity index is 2.48. The summed E-state index contributed by atoms with van der Waals surface area (Å²) >= 11 is 1.53. The van der Waals surface area contributed by atoms with Gasteiger partial charge in [-0.15, -0.1) is 0 Å². The number of rotatable bonds is 8. The van der Waals surface area contributed by atoms with Gasteiger partial charge in [-0.05, 0) is 24.5 Å². The van der Waals surface area contributed by atoms with Crippen LogP contribution in [0.3, 0.4) is 0 Å². The van der Waals surface area contributed by atoms with E-state index in [4.69, 9.17) is 5.11 Å². The number of carbonyl (C=O) groups is 2. The van der Waals surface area contributed by atoms with Crippen LogP contribution >= 0.6 is 11.8 Å². The molecule has 1 rings (SSSR count). The van der Waals surface area contributed by atoms with Crippen LogP contribution in [0.2, 0.25) is 0 Å². The van der Waals surface area contributed by atoms with E-state index < -0.39 is 12.0 Å². The largest absolute Gasteiger partial charge is 0.480 e. The van der Waals surface area contributed by atoms with Gasteiger partial charge in [0.2, 0.25) is 5.91 Å².